The Morgan fingerprint density at radius 3 is 2.68 bits per heavy atom. The van der Waals surface area contributed by atoms with Crippen LogP contribution < -0.4 is 16.2 Å². The molecule has 1 heterocycles. The van der Waals surface area contributed by atoms with Gasteiger partial charge >= 0.3 is 0 Å². The van der Waals surface area contributed by atoms with Crippen LogP contribution in [0.1, 0.15) is 39.5 Å². The number of carbonyl (C=O) groups is 1. The van der Waals surface area contributed by atoms with E-state index in [1.165, 1.54) is 4.31 Å². The van der Waals surface area contributed by atoms with Gasteiger partial charge in [0.15, 0.2) is 5.11 Å². The summed E-state index contributed by atoms with van der Waals surface area (Å²) >= 11 is 5.05. The third-order valence-electron chi connectivity index (χ3n) is 3.63. The van der Waals surface area contributed by atoms with Crippen molar-refractivity contribution in [2.75, 3.05) is 25.4 Å². The first kappa shape index (κ1) is 19.1. The van der Waals surface area contributed by atoms with Gasteiger partial charge in [0.25, 0.3) is 0 Å². The molecule has 1 aliphatic rings. The van der Waals surface area contributed by atoms with Crippen LogP contribution in [0.2, 0.25) is 0 Å². The van der Waals surface area contributed by atoms with Crippen molar-refractivity contribution in [3.05, 3.63) is 0 Å². The number of carbonyl (C=O) groups excluding carboxylic acids is 1. The molecule has 9 heteroatoms. The lowest BCUT2D eigenvalue weighted by Gasteiger charge is -2.30. The zero-order chi connectivity index (χ0) is 16.6. The van der Waals surface area contributed by atoms with E-state index in [2.05, 4.69) is 23.1 Å². The number of hydrogen-bond acceptors (Lipinski definition) is 4. The molecule has 1 saturated heterocycles. The SMILES string of the molecule is CCCCNC(=S)NNC(=O)[C@@H]1CCCN(S(=O)(=O)CC)C1. The van der Waals surface area contributed by atoms with Gasteiger partial charge in [-0.15, -0.1) is 0 Å². The van der Waals surface area contributed by atoms with Crippen molar-refractivity contribution in [3.8, 4) is 0 Å². The lowest BCUT2D eigenvalue weighted by atomic mass is 9.99. The van der Waals surface area contributed by atoms with Gasteiger partial charge in [-0.3, -0.25) is 15.6 Å². The first-order valence-corrected chi connectivity index (χ1v) is 9.74. The summed E-state index contributed by atoms with van der Waals surface area (Å²) in [5.41, 5.74) is 5.21. The van der Waals surface area contributed by atoms with Crippen LogP contribution in [0.5, 0.6) is 0 Å². The smallest absolute Gasteiger partial charge is 0.242 e. The van der Waals surface area contributed by atoms with Crippen LogP contribution in [0.25, 0.3) is 0 Å². The van der Waals surface area contributed by atoms with E-state index in [-0.39, 0.29) is 24.1 Å². The largest absolute Gasteiger partial charge is 0.361 e. The minimum absolute atomic E-state index is 0.0605. The van der Waals surface area contributed by atoms with Crippen LogP contribution in [0.15, 0.2) is 0 Å². The molecule has 7 nitrogen and oxygen atoms in total. The van der Waals surface area contributed by atoms with E-state index in [0.717, 1.165) is 19.4 Å². The molecule has 0 aliphatic carbocycles. The molecule has 22 heavy (non-hydrogen) atoms. The minimum Gasteiger partial charge on any atom is -0.361 e. The van der Waals surface area contributed by atoms with Crippen molar-refractivity contribution in [2.45, 2.75) is 39.5 Å². The van der Waals surface area contributed by atoms with Crippen LogP contribution in [0, 0.1) is 5.92 Å². The second-order valence-electron chi connectivity index (χ2n) is 5.32. The number of unbranched alkanes of at least 4 members (excludes halogenated alkanes) is 1. The molecule has 1 amide bonds. The van der Waals surface area contributed by atoms with Gasteiger partial charge in [-0.2, -0.15) is 0 Å². The molecule has 0 aromatic rings. The Morgan fingerprint density at radius 2 is 2.05 bits per heavy atom. The minimum atomic E-state index is -3.24. The second kappa shape index (κ2) is 9.26. The van der Waals surface area contributed by atoms with Gasteiger partial charge in [0.1, 0.15) is 0 Å². The van der Waals surface area contributed by atoms with Gasteiger partial charge in [0, 0.05) is 19.6 Å². The highest BCUT2D eigenvalue weighted by Gasteiger charge is 2.31. The number of hydrazine groups is 1. The molecule has 128 valence electrons. The lowest BCUT2D eigenvalue weighted by molar-refractivity contribution is -0.126. The molecular weight excluding hydrogens is 324 g/mol. The highest BCUT2D eigenvalue weighted by molar-refractivity contribution is 7.89. The van der Waals surface area contributed by atoms with Crippen molar-refractivity contribution in [1.29, 1.82) is 0 Å². The number of piperidine rings is 1. The molecular formula is C13H26N4O3S2. The fourth-order valence-electron chi connectivity index (χ4n) is 2.23. The van der Waals surface area contributed by atoms with E-state index in [4.69, 9.17) is 12.2 Å². The zero-order valence-electron chi connectivity index (χ0n) is 13.2. The van der Waals surface area contributed by atoms with Gasteiger partial charge in [0.2, 0.25) is 15.9 Å². The van der Waals surface area contributed by atoms with E-state index >= 15 is 0 Å². The van der Waals surface area contributed by atoms with Crippen LogP contribution >= 0.6 is 12.2 Å². The molecule has 1 rings (SSSR count). The summed E-state index contributed by atoms with van der Waals surface area (Å²) in [6, 6.07) is 0. The molecule has 0 saturated carbocycles. The fourth-order valence-corrected chi connectivity index (χ4v) is 3.57. The molecule has 0 bridgehead atoms. The Labute approximate surface area is 138 Å². The first-order valence-electron chi connectivity index (χ1n) is 7.72. The van der Waals surface area contributed by atoms with Gasteiger partial charge < -0.3 is 5.32 Å². The summed E-state index contributed by atoms with van der Waals surface area (Å²) in [4.78, 5) is 12.1. The summed E-state index contributed by atoms with van der Waals surface area (Å²) in [5.74, 6) is -0.512. The Kier molecular flexibility index (Phi) is 8.05. The Hall–Kier alpha value is -0.930. The van der Waals surface area contributed by atoms with Crippen LogP contribution in [-0.2, 0) is 14.8 Å². The van der Waals surface area contributed by atoms with E-state index in [0.29, 0.717) is 24.5 Å². The maximum atomic E-state index is 12.1. The molecule has 1 fully saturated rings. The predicted octanol–water partition coefficient (Wildman–Crippen LogP) is 0.344. The molecule has 1 atom stereocenters. The number of nitrogens with one attached hydrogen (secondary N) is 3. The van der Waals surface area contributed by atoms with Crippen molar-refractivity contribution < 1.29 is 13.2 Å². The standard InChI is InChI=1S/C13H26N4O3S2/c1-3-5-8-14-13(21)16-15-12(18)11-7-6-9-17(10-11)22(19,20)4-2/h11H,3-10H2,1-2H3,(H,15,18)(H2,14,16,21)/t11-/m1/s1. The van der Waals surface area contributed by atoms with E-state index < -0.39 is 10.0 Å². The second-order valence-corrected chi connectivity index (χ2v) is 7.99. The van der Waals surface area contributed by atoms with Crippen molar-refractivity contribution >= 4 is 33.3 Å². The number of hydrogen-bond donors (Lipinski definition) is 3. The zero-order valence-corrected chi connectivity index (χ0v) is 14.9. The number of thiocarbonyl (C=S) groups is 1. The average molecular weight is 351 g/mol. The monoisotopic (exact) mass is 350 g/mol. The summed E-state index contributed by atoms with van der Waals surface area (Å²) in [7, 11) is -3.24. The maximum absolute atomic E-state index is 12.1. The molecule has 0 radical (unpaired) electrons. The van der Waals surface area contributed by atoms with E-state index in [9.17, 15) is 13.2 Å². The summed E-state index contributed by atoms with van der Waals surface area (Å²) < 4.78 is 25.2. The summed E-state index contributed by atoms with van der Waals surface area (Å²) in [6.07, 6.45) is 3.43. The quantitative estimate of drug-likeness (QED) is 0.364. The molecule has 3 N–H and O–H groups in total. The fraction of sp³-hybridized carbons (Fsp3) is 0.846. The van der Waals surface area contributed by atoms with Gasteiger partial charge in [-0.25, -0.2) is 12.7 Å². The Balaban J connectivity index is 2.40. The Morgan fingerprint density at radius 1 is 1.32 bits per heavy atom. The normalized spacial score (nSPS) is 19.5. The molecule has 0 unspecified atom stereocenters. The first-order chi connectivity index (χ1) is 10.4. The predicted molar refractivity (Wildman–Crippen MR) is 90.5 cm³/mol. The van der Waals surface area contributed by atoms with Crippen molar-refractivity contribution in [1.82, 2.24) is 20.5 Å². The van der Waals surface area contributed by atoms with Crippen LogP contribution in [-0.4, -0.2) is 49.1 Å². The molecule has 0 aromatic heterocycles. The van der Waals surface area contributed by atoms with E-state index in [1.54, 1.807) is 6.92 Å². The molecule has 0 spiro atoms. The average Bonchev–Trinajstić information content (AvgIpc) is 2.53. The summed E-state index contributed by atoms with van der Waals surface area (Å²) in [5, 5.41) is 3.35. The van der Waals surface area contributed by atoms with Crippen molar-refractivity contribution in [2.24, 2.45) is 5.92 Å². The number of rotatable bonds is 6. The Bertz CT molecular complexity index is 482. The third kappa shape index (κ3) is 6.05. The number of sulfonamides is 1. The van der Waals surface area contributed by atoms with Gasteiger partial charge in [0.05, 0.1) is 11.7 Å². The van der Waals surface area contributed by atoms with Gasteiger partial charge in [-0.05, 0) is 38.4 Å². The number of nitrogens with zero attached hydrogens (tertiary/aromatic N) is 1. The maximum Gasteiger partial charge on any atom is 0.242 e. The highest BCUT2D eigenvalue weighted by Crippen LogP contribution is 2.19. The van der Waals surface area contributed by atoms with Crippen LogP contribution in [0.3, 0.4) is 0 Å². The van der Waals surface area contributed by atoms with Crippen LogP contribution in [0.4, 0.5) is 0 Å². The number of amides is 1. The summed E-state index contributed by atoms with van der Waals surface area (Å²) in [6.45, 7) is 5.17. The third-order valence-corrected chi connectivity index (χ3v) is 5.72. The molecule has 0 aromatic carbocycles. The van der Waals surface area contributed by atoms with Crippen molar-refractivity contribution in [3.63, 3.8) is 0 Å². The molecule has 1 aliphatic heterocycles. The van der Waals surface area contributed by atoms with Gasteiger partial charge in [-0.1, -0.05) is 13.3 Å². The lowest BCUT2D eigenvalue weighted by Crippen LogP contribution is -2.52. The van der Waals surface area contributed by atoms with E-state index in [1.807, 2.05) is 0 Å². The highest BCUT2D eigenvalue weighted by atomic mass is 32.2. The topological polar surface area (TPSA) is 90.5 Å².